The van der Waals surface area contributed by atoms with Crippen LogP contribution in [0.25, 0.3) is 0 Å². The first kappa shape index (κ1) is 18.1. The number of hydrogen-bond acceptors (Lipinski definition) is 4. The van der Waals surface area contributed by atoms with Gasteiger partial charge in [-0.3, -0.25) is 19.8 Å². The maximum Gasteiger partial charge on any atom is 0.232 e. The minimum Gasteiger partial charge on any atom is -0.364 e. The van der Waals surface area contributed by atoms with Crippen LogP contribution >= 0.6 is 0 Å². The van der Waals surface area contributed by atoms with E-state index in [1.807, 2.05) is 18.2 Å². The Morgan fingerprint density at radius 1 is 0.900 bits per heavy atom. The van der Waals surface area contributed by atoms with Gasteiger partial charge in [-0.2, -0.15) is 0 Å². The Morgan fingerprint density at radius 2 is 1.63 bits per heavy atom. The van der Waals surface area contributed by atoms with Gasteiger partial charge in [0, 0.05) is 31.4 Å². The van der Waals surface area contributed by atoms with Crippen LogP contribution in [-0.4, -0.2) is 41.9 Å². The number of carbonyl (C=O) groups excluding carboxylic acids is 2. The van der Waals surface area contributed by atoms with Crippen LogP contribution in [0, 0.1) is 11.8 Å². The van der Waals surface area contributed by atoms with Crippen LogP contribution in [-0.2, 0) is 16.0 Å². The van der Waals surface area contributed by atoms with Crippen LogP contribution in [0.5, 0.6) is 0 Å². The first-order valence-electron chi connectivity index (χ1n) is 11.2. The topological polar surface area (TPSA) is 52.7 Å². The summed E-state index contributed by atoms with van der Waals surface area (Å²) in [7, 11) is 0. The van der Waals surface area contributed by atoms with Crippen molar-refractivity contribution in [2.75, 3.05) is 24.5 Å². The van der Waals surface area contributed by atoms with E-state index >= 15 is 0 Å². The molecule has 3 unspecified atom stereocenters. The van der Waals surface area contributed by atoms with Crippen molar-refractivity contribution in [2.24, 2.45) is 11.8 Å². The molecule has 4 aliphatic rings. The summed E-state index contributed by atoms with van der Waals surface area (Å²) >= 11 is 0. The molecule has 5 heteroatoms. The largest absolute Gasteiger partial charge is 0.364 e. The van der Waals surface area contributed by atoms with Gasteiger partial charge in [0.05, 0.1) is 17.4 Å². The van der Waals surface area contributed by atoms with Crippen LogP contribution < -0.4 is 10.2 Å². The summed E-state index contributed by atoms with van der Waals surface area (Å²) < 4.78 is 0. The fourth-order valence-electron chi connectivity index (χ4n) is 6.67. The summed E-state index contributed by atoms with van der Waals surface area (Å²) in [4.78, 5) is 30.4. The molecule has 3 atom stereocenters. The van der Waals surface area contributed by atoms with Crippen molar-refractivity contribution in [3.8, 4) is 0 Å². The summed E-state index contributed by atoms with van der Waals surface area (Å²) in [6.07, 6.45) is 4.17. The average molecular weight is 402 g/mol. The summed E-state index contributed by atoms with van der Waals surface area (Å²) in [6.45, 7) is 2.57. The Kier molecular flexibility index (Phi) is 4.03. The van der Waals surface area contributed by atoms with E-state index in [0.717, 1.165) is 38.0 Å². The number of anilines is 1. The number of nitrogens with one attached hydrogen (secondary N) is 1. The third-order valence-electron chi connectivity index (χ3n) is 8.04. The summed E-state index contributed by atoms with van der Waals surface area (Å²) in [5.74, 6) is -0.613. The number of carbonyl (C=O) groups is 2. The van der Waals surface area contributed by atoms with E-state index in [0.29, 0.717) is 12.6 Å². The molecule has 3 heterocycles. The molecule has 1 N–H and O–H groups in total. The van der Waals surface area contributed by atoms with Gasteiger partial charge >= 0.3 is 0 Å². The lowest BCUT2D eigenvalue weighted by Gasteiger charge is -2.49. The molecule has 6 rings (SSSR count). The molecule has 1 spiro atoms. The Morgan fingerprint density at radius 3 is 2.43 bits per heavy atom. The lowest BCUT2D eigenvalue weighted by atomic mass is 9.74. The fraction of sp³-hybridized carbons (Fsp3) is 0.440. The van der Waals surface area contributed by atoms with Gasteiger partial charge in [-0.25, -0.2) is 0 Å². The number of amides is 2. The Bertz CT molecular complexity index is 996. The van der Waals surface area contributed by atoms with Crippen molar-refractivity contribution in [3.05, 3.63) is 65.7 Å². The highest BCUT2D eigenvalue weighted by molar-refractivity contribution is 6.07. The van der Waals surface area contributed by atoms with Gasteiger partial charge in [-0.15, -0.1) is 0 Å². The van der Waals surface area contributed by atoms with Crippen LogP contribution in [0.3, 0.4) is 0 Å². The maximum atomic E-state index is 12.8. The number of benzene rings is 2. The molecule has 0 radical (unpaired) electrons. The summed E-state index contributed by atoms with van der Waals surface area (Å²) in [5.41, 5.74) is 3.82. The number of para-hydroxylation sites is 1. The normalized spacial score (nSPS) is 29.9. The van der Waals surface area contributed by atoms with Crippen molar-refractivity contribution in [1.82, 2.24) is 10.2 Å². The highest BCUT2D eigenvalue weighted by Crippen LogP contribution is 2.51. The molecule has 2 aromatic rings. The SMILES string of the molecule is O=C1NC(=O)C2C1CN(c1ccccc1)C21CCN(C2CCc3ccccc32)CC1. The van der Waals surface area contributed by atoms with Gasteiger partial charge in [0.25, 0.3) is 0 Å². The zero-order valence-corrected chi connectivity index (χ0v) is 17.1. The number of imide groups is 1. The van der Waals surface area contributed by atoms with Gasteiger partial charge in [0.2, 0.25) is 11.8 Å². The molecule has 30 heavy (non-hydrogen) atoms. The molecule has 0 bridgehead atoms. The molecule has 1 aliphatic carbocycles. The van der Waals surface area contributed by atoms with Crippen LogP contribution in [0.15, 0.2) is 54.6 Å². The predicted octanol–water partition coefficient (Wildman–Crippen LogP) is 2.92. The van der Waals surface area contributed by atoms with E-state index in [1.165, 1.54) is 17.5 Å². The molecule has 2 amide bonds. The quantitative estimate of drug-likeness (QED) is 0.787. The fourth-order valence-corrected chi connectivity index (χ4v) is 6.67. The van der Waals surface area contributed by atoms with Crippen molar-refractivity contribution >= 4 is 17.5 Å². The van der Waals surface area contributed by atoms with E-state index in [-0.39, 0.29) is 29.2 Å². The highest BCUT2D eigenvalue weighted by atomic mass is 16.2. The van der Waals surface area contributed by atoms with E-state index in [4.69, 9.17) is 0 Å². The molecule has 3 fully saturated rings. The van der Waals surface area contributed by atoms with E-state index < -0.39 is 0 Å². The standard InChI is InChI=1S/C25H27N3O2/c29-23-20-16-28(18-7-2-1-3-8-18)25(22(20)24(30)26-23)12-14-27(15-13-25)21-11-10-17-6-4-5-9-19(17)21/h1-9,20-22H,10-16H2,(H,26,29,30). The van der Waals surface area contributed by atoms with E-state index in [2.05, 4.69) is 51.5 Å². The monoisotopic (exact) mass is 401 g/mol. The predicted molar refractivity (Wildman–Crippen MR) is 115 cm³/mol. The first-order valence-corrected chi connectivity index (χ1v) is 11.2. The summed E-state index contributed by atoms with van der Waals surface area (Å²) in [6, 6.07) is 19.7. The van der Waals surface area contributed by atoms with E-state index in [1.54, 1.807) is 0 Å². The van der Waals surface area contributed by atoms with Crippen molar-refractivity contribution < 1.29 is 9.59 Å². The van der Waals surface area contributed by atoms with E-state index in [9.17, 15) is 9.59 Å². The molecule has 3 aliphatic heterocycles. The average Bonchev–Trinajstić information content (AvgIpc) is 3.43. The first-order chi connectivity index (χ1) is 14.7. The minimum atomic E-state index is -0.267. The zero-order chi connectivity index (χ0) is 20.3. The number of rotatable bonds is 2. The number of piperidine rings is 1. The molecule has 0 saturated carbocycles. The maximum absolute atomic E-state index is 12.8. The number of likely N-dealkylation sites (tertiary alicyclic amines) is 1. The van der Waals surface area contributed by atoms with Gasteiger partial charge in [0.15, 0.2) is 0 Å². The number of nitrogens with zero attached hydrogens (tertiary/aromatic N) is 2. The van der Waals surface area contributed by atoms with Crippen molar-refractivity contribution in [3.63, 3.8) is 0 Å². The van der Waals surface area contributed by atoms with Gasteiger partial charge < -0.3 is 4.90 Å². The molecule has 0 aromatic heterocycles. The second-order valence-electron chi connectivity index (χ2n) is 9.28. The minimum absolute atomic E-state index is 0.0666. The Balaban J connectivity index is 1.31. The number of aryl methyl sites for hydroxylation is 1. The Labute approximate surface area is 177 Å². The van der Waals surface area contributed by atoms with Crippen LogP contribution in [0.1, 0.15) is 36.4 Å². The molecular weight excluding hydrogens is 374 g/mol. The number of fused-ring (bicyclic) bond motifs is 3. The van der Waals surface area contributed by atoms with Crippen molar-refractivity contribution in [1.29, 1.82) is 0 Å². The van der Waals surface area contributed by atoms with Crippen molar-refractivity contribution in [2.45, 2.75) is 37.3 Å². The van der Waals surface area contributed by atoms with Gasteiger partial charge in [-0.05, 0) is 48.9 Å². The molecular formula is C25H27N3O2. The highest BCUT2D eigenvalue weighted by Gasteiger charge is 2.62. The number of hydrogen-bond donors (Lipinski definition) is 1. The smallest absolute Gasteiger partial charge is 0.232 e. The third kappa shape index (κ3) is 2.51. The Hall–Kier alpha value is -2.66. The summed E-state index contributed by atoms with van der Waals surface area (Å²) in [5, 5.41) is 2.62. The van der Waals surface area contributed by atoms with Gasteiger partial charge in [-0.1, -0.05) is 42.5 Å². The second-order valence-corrected chi connectivity index (χ2v) is 9.28. The lowest BCUT2D eigenvalue weighted by molar-refractivity contribution is -0.127. The van der Waals surface area contributed by atoms with Crippen LogP contribution in [0.4, 0.5) is 5.69 Å². The second kappa shape index (κ2) is 6.67. The third-order valence-corrected chi connectivity index (χ3v) is 8.04. The molecule has 154 valence electrons. The lowest BCUT2D eigenvalue weighted by Crippen LogP contribution is -2.57. The zero-order valence-electron chi connectivity index (χ0n) is 17.1. The molecule has 2 aromatic carbocycles. The van der Waals surface area contributed by atoms with Crippen LogP contribution in [0.2, 0.25) is 0 Å². The molecule has 5 nitrogen and oxygen atoms in total. The molecule has 3 saturated heterocycles. The van der Waals surface area contributed by atoms with Gasteiger partial charge in [0.1, 0.15) is 0 Å².